The second kappa shape index (κ2) is 8.52. The number of amides is 1. The molecule has 0 heterocycles. The quantitative estimate of drug-likeness (QED) is 0.342. The third-order valence-electron chi connectivity index (χ3n) is 3.08. The van der Waals surface area contributed by atoms with E-state index in [2.05, 4.69) is 15.4 Å². The van der Waals surface area contributed by atoms with Gasteiger partial charge in [0.1, 0.15) is 12.1 Å². The maximum Gasteiger partial charge on any atom is 0.327 e. The summed E-state index contributed by atoms with van der Waals surface area (Å²) in [5.41, 5.74) is 0.516. The van der Waals surface area contributed by atoms with E-state index in [0.717, 1.165) is 0 Å². The third-order valence-corrected chi connectivity index (χ3v) is 3.08. The first kappa shape index (κ1) is 18.1. The molecule has 1 aromatic carbocycles. The minimum absolute atomic E-state index is 0.170. The first-order chi connectivity index (χ1) is 10.9. The van der Waals surface area contributed by atoms with E-state index in [1.165, 1.54) is 13.2 Å². The smallest absolute Gasteiger partial charge is 0.327 e. The topological polar surface area (TPSA) is 122 Å². The van der Waals surface area contributed by atoms with Crippen LogP contribution in [0.4, 0.5) is 5.69 Å². The van der Waals surface area contributed by atoms with Crippen LogP contribution in [-0.2, 0) is 19.1 Å². The van der Waals surface area contributed by atoms with Crippen molar-refractivity contribution in [2.45, 2.75) is 25.4 Å². The number of carboxylic acids is 1. The van der Waals surface area contributed by atoms with Crippen LogP contribution in [0, 0.1) is 0 Å². The lowest BCUT2D eigenvalue weighted by Crippen LogP contribution is -2.38. The summed E-state index contributed by atoms with van der Waals surface area (Å²) in [5.74, 6) is -2.30. The Hall–Kier alpha value is -2.90. The van der Waals surface area contributed by atoms with Crippen molar-refractivity contribution in [2.24, 2.45) is 0 Å². The highest BCUT2D eigenvalue weighted by Gasteiger charge is 2.25. The third kappa shape index (κ3) is 5.10. The fourth-order valence-electron chi connectivity index (χ4n) is 1.96. The van der Waals surface area contributed by atoms with Crippen LogP contribution in [-0.4, -0.2) is 48.4 Å². The van der Waals surface area contributed by atoms with Crippen molar-refractivity contribution in [1.82, 2.24) is 5.32 Å². The van der Waals surface area contributed by atoms with Crippen molar-refractivity contribution in [3.05, 3.63) is 29.8 Å². The van der Waals surface area contributed by atoms with Gasteiger partial charge in [-0.2, -0.15) is 0 Å². The number of methoxy groups -OCH3 is 1. The van der Waals surface area contributed by atoms with Crippen LogP contribution >= 0.6 is 0 Å². The predicted molar refractivity (Wildman–Crippen MR) is 81.1 cm³/mol. The first-order valence-corrected chi connectivity index (χ1v) is 6.79. The number of benzene rings is 1. The monoisotopic (exact) mass is 322 g/mol. The number of carboxylic acid groups (broad SMARTS) is 1. The lowest BCUT2D eigenvalue weighted by atomic mass is 9.99. The summed E-state index contributed by atoms with van der Waals surface area (Å²) in [6.07, 6.45) is -0.267. The molecule has 1 amide bonds. The van der Waals surface area contributed by atoms with E-state index in [1.54, 1.807) is 25.1 Å². The lowest BCUT2D eigenvalue weighted by Gasteiger charge is -2.18. The SMILES string of the molecule is COC(=O)[C@H](C)Nc1ccccc1C(=O)[C@H](CC(=O)O)NC=O. The van der Waals surface area contributed by atoms with Crippen LogP contribution in [0.3, 0.4) is 0 Å². The molecule has 0 unspecified atom stereocenters. The molecule has 23 heavy (non-hydrogen) atoms. The standard InChI is InChI=1S/C15H18N2O6/c1-9(15(22)23-2)17-11-6-4-3-5-10(11)14(21)12(16-8-18)7-13(19)20/h3-6,8-9,12,17H,7H2,1-2H3,(H,16,18)(H,19,20)/t9-,12-/m0/s1. The summed E-state index contributed by atoms with van der Waals surface area (Å²) in [4.78, 5) is 45.4. The average molecular weight is 322 g/mol. The summed E-state index contributed by atoms with van der Waals surface area (Å²) in [5, 5.41) is 13.9. The molecule has 0 bridgehead atoms. The summed E-state index contributed by atoms with van der Waals surface area (Å²) >= 11 is 0. The number of rotatable bonds is 9. The fraction of sp³-hybridized carbons (Fsp3) is 0.333. The second-order valence-corrected chi connectivity index (χ2v) is 4.73. The molecule has 0 saturated carbocycles. The van der Waals surface area contributed by atoms with Gasteiger partial charge in [0.15, 0.2) is 5.78 Å². The Labute approximate surface area is 132 Å². The normalized spacial score (nSPS) is 12.6. The molecule has 8 heteroatoms. The van der Waals surface area contributed by atoms with E-state index in [1.807, 2.05) is 0 Å². The van der Waals surface area contributed by atoms with Crippen molar-refractivity contribution in [1.29, 1.82) is 0 Å². The Morgan fingerprint density at radius 1 is 1.30 bits per heavy atom. The highest BCUT2D eigenvalue weighted by atomic mass is 16.5. The molecule has 0 aliphatic carbocycles. The number of carbonyl (C=O) groups excluding carboxylic acids is 3. The minimum Gasteiger partial charge on any atom is -0.481 e. The van der Waals surface area contributed by atoms with Crippen LogP contribution in [0.2, 0.25) is 0 Å². The molecule has 124 valence electrons. The zero-order chi connectivity index (χ0) is 17.4. The number of aliphatic carboxylic acids is 1. The largest absolute Gasteiger partial charge is 0.481 e. The van der Waals surface area contributed by atoms with E-state index in [-0.39, 0.29) is 12.0 Å². The molecule has 0 spiro atoms. The molecule has 0 saturated heterocycles. The van der Waals surface area contributed by atoms with Crippen LogP contribution in [0.1, 0.15) is 23.7 Å². The van der Waals surface area contributed by atoms with Crippen LogP contribution in [0.5, 0.6) is 0 Å². The fourth-order valence-corrected chi connectivity index (χ4v) is 1.96. The minimum atomic E-state index is -1.22. The van der Waals surface area contributed by atoms with Crippen LogP contribution in [0.25, 0.3) is 0 Å². The van der Waals surface area contributed by atoms with E-state index in [0.29, 0.717) is 5.69 Å². The number of esters is 1. The van der Waals surface area contributed by atoms with Crippen molar-refractivity contribution in [3.63, 3.8) is 0 Å². The first-order valence-electron chi connectivity index (χ1n) is 6.79. The van der Waals surface area contributed by atoms with Gasteiger partial charge in [-0.05, 0) is 19.1 Å². The number of Topliss-reactive ketones (excluding diaryl/α,β-unsaturated/α-hetero) is 1. The molecule has 2 atom stereocenters. The Balaban J connectivity index is 3.06. The molecule has 0 aliphatic heterocycles. The van der Waals surface area contributed by atoms with Gasteiger partial charge >= 0.3 is 11.9 Å². The van der Waals surface area contributed by atoms with Gasteiger partial charge in [0.2, 0.25) is 6.41 Å². The Morgan fingerprint density at radius 3 is 2.52 bits per heavy atom. The van der Waals surface area contributed by atoms with Crippen molar-refractivity contribution < 1.29 is 29.0 Å². The zero-order valence-electron chi connectivity index (χ0n) is 12.7. The number of para-hydroxylation sites is 1. The highest BCUT2D eigenvalue weighted by Crippen LogP contribution is 2.19. The van der Waals surface area contributed by atoms with E-state index < -0.39 is 36.2 Å². The molecular formula is C15H18N2O6. The molecule has 1 aromatic rings. The molecule has 0 fully saturated rings. The summed E-state index contributed by atoms with van der Waals surface area (Å²) in [6.45, 7) is 1.56. The number of anilines is 1. The van der Waals surface area contributed by atoms with Crippen molar-refractivity contribution in [3.8, 4) is 0 Å². The molecule has 0 aliphatic rings. The molecular weight excluding hydrogens is 304 g/mol. The van der Waals surface area contributed by atoms with E-state index in [9.17, 15) is 19.2 Å². The number of ether oxygens (including phenoxy) is 1. The number of ketones is 1. The van der Waals surface area contributed by atoms with Gasteiger partial charge in [0.05, 0.1) is 13.5 Å². The highest BCUT2D eigenvalue weighted by molar-refractivity contribution is 6.06. The van der Waals surface area contributed by atoms with Crippen molar-refractivity contribution >= 4 is 29.8 Å². The average Bonchev–Trinajstić information content (AvgIpc) is 2.53. The van der Waals surface area contributed by atoms with Crippen LogP contribution < -0.4 is 10.6 Å². The predicted octanol–water partition coefficient (Wildman–Crippen LogP) is 0.432. The molecule has 1 rings (SSSR count). The summed E-state index contributed by atoms with van der Waals surface area (Å²) in [6, 6.07) is 4.41. The number of nitrogens with one attached hydrogen (secondary N) is 2. The number of hydrogen-bond acceptors (Lipinski definition) is 6. The maximum absolute atomic E-state index is 12.5. The molecule has 3 N–H and O–H groups in total. The van der Waals surface area contributed by atoms with Crippen molar-refractivity contribution in [2.75, 3.05) is 12.4 Å². The second-order valence-electron chi connectivity index (χ2n) is 4.73. The van der Waals surface area contributed by atoms with Gasteiger partial charge in [0, 0.05) is 11.3 Å². The van der Waals surface area contributed by atoms with Gasteiger partial charge < -0.3 is 20.5 Å². The number of hydrogen-bond donors (Lipinski definition) is 3. The molecule has 0 radical (unpaired) electrons. The Bertz CT molecular complexity index is 601. The lowest BCUT2D eigenvalue weighted by molar-refractivity contribution is -0.141. The molecule has 8 nitrogen and oxygen atoms in total. The van der Waals surface area contributed by atoms with Gasteiger partial charge in [-0.15, -0.1) is 0 Å². The van der Waals surface area contributed by atoms with Gasteiger partial charge in [-0.25, -0.2) is 4.79 Å². The zero-order valence-corrected chi connectivity index (χ0v) is 12.7. The molecule has 0 aromatic heterocycles. The van der Waals surface area contributed by atoms with Gasteiger partial charge in [-0.3, -0.25) is 14.4 Å². The summed E-state index contributed by atoms with van der Waals surface area (Å²) < 4.78 is 4.60. The van der Waals surface area contributed by atoms with Crippen LogP contribution in [0.15, 0.2) is 24.3 Å². The maximum atomic E-state index is 12.5. The Morgan fingerprint density at radius 2 is 1.96 bits per heavy atom. The Kier molecular flexibility index (Phi) is 6.72. The van der Waals surface area contributed by atoms with E-state index in [4.69, 9.17) is 5.11 Å². The van der Waals surface area contributed by atoms with Gasteiger partial charge in [-0.1, -0.05) is 12.1 Å². The van der Waals surface area contributed by atoms with E-state index >= 15 is 0 Å². The summed E-state index contributed by atoms with van der Waals surface area (Å²) in [7, 11) is 1.24. The number of carbonyl (C=O) groups is 4. The van der Waals surface area contributed by atoms with Gasteiger partial charge in [0.25, 0.3) is 0 Å².